The van der Waals surface area contributed by atoms with Crippen molar-refractivity contribution in [2.75, 3.05) is 5.01 Å². The van der Waals surface area contributed by atoms with Crippen molar-refractivity contribution >= 4 is 44.6 Å². The first-order valence-corrected chi connectivity index (χ1v) is 11.3. The third kappa shape index (κ3) is 3.92. The van der Waals surface area contributed by atoms with Crippen molar-refractivity contribution in [2.45, 2.75) is 13.0 Å². The van der Waals surface area contributed by atoms with Crippen molar-refractivity contribution in [3.8, 4) is 22.5 Å². The Balaban J connectivity index is 1.32. The number of hydrogen-bond acceptors (Lipinski definition) is 8. The second-order valence-electron chi connectivity index (χ2n) is 6.77. The number of thiazole rings is 2. The van der Waals surface area contributed by atoms with Crippen LogP contribution in [0, 0.1) is 0 Å². The number of carbonyl (C=O) groups excluding carboxylic acids is 1. The predicted molar refractivity (Wildman–Crippen MR) is 124 cm³/mol. The molecule has 31 heavy (non-hydrogen) atoms. The lowest BCUT2D eigenvalue weighted by Gasteiger charge is -2.07. The zero-order valence-electron chi connectivity index (χ0n) is 16.4. The minimum Gasteiger partial charge on any atom is -0.269 e. The normalized spacial score (nSPS) is 16.3. The van der Waals surface area contributed by atoms with E-state index in [0.29, 0.717) is 16.0 Å². The summed E-state index contributed by atoms with van der Waals surface area (Å²) < 4.78 is 0. The highest BCUT2D eigenvalue weighted by atomic mass is 32.1. The van der Waals surface area contributed by atoms with E-state index in [4.69, 9.17) is 0 Å². The third-order valence-electron chi connectivity index (χ3n) is 4.66. The number of hydrazone groups is 1. The van der Waals surface area contributed by atoms with E-state index >= 15 is 0 Å². The highest BCUT2D eigenvalue weighted by Gasteiger charge is 2.36. The Morgan fingerprint density at radius 1 is 0.871 bits per heavy atom. The average Bonchev–Trinajstić information content (AvgIpc) is 3.54. The molecule has 0 fully saturated rings. The Morgan fingerprint density at radius 3 is 2.16 bits per heavy atom. The van der Waals surface area contributed by atoms with Gasteiger partial charge >= 0.3 is 0 Å². The van der Waals surface area contributed by atoms with Crippen LogP contribution in [-0.4, -0.2) is 27.6 Å². The first-order chi connectivity index (χ1) is 15.2. The molecule has 7 nitrogen and oxygen atoms in total. The minimum absolute atomic E-state index is 0.268. The second kappa shape index (κ2) is 8.29. The van der Waals surface area contributed by atoms with Crippen LogP contribution in [0.3, 0.4) is 0 Å². The number of nitrogens with zero attached hydrogens (tertiary/aromatic N) is 6. The summed E-state index contributed by atoms with van der Waals surface area (Å²) in [6.07, 6.45) is 0. The molecule has 1 atom stereocenters. The van der Waals surface area contributed by atoms with Crippen molar-refractivity contribution in [3.63, 3.8) is 0 Å². The smallest absolute Gasteiger partial charge is 0.269 e. The number of anilines is 1. The fourth-order valence-corrected chi connectivity index (χ4v) is 4.53. The standard InChI is InChI=1S/C22H16N6OS2/c1-14-19(25-26-21-23-17(12-30-21)15-8-4-2-5-9-15)20(29)28(27-14)22-24-18(13-31-22)16-10-6-3-7-11-16/h2-13,19H,1H3. The molecule has 9 heteroatoms. The summed E-state index contributed by atoms with van der Waals surface area (Å²) in [5.41, 5.74) is 4.22. The highest BCUT2D eigenvalue weighted by molar-refractivity contribution is 7.14. The molecule has 1 unspecified atom stereocenters. The first-order valence-electron chi connectivity index (χ1n) is 9.51. The maximum Gasteiger partial charge on any atom is 0.282 e. The van der Waals surface area contributed by atoms with Gasteiger partial charge in [-0.2, -0.15) is 15.2 Å². The van der Waals surface area contributed by atoms with Gasteiger partial charge in [0.1, 0.15) is 0 Å². The minimum atomic E-state index is -0.770. The molecule has 5 rings (SSSR count). The predicted octanol–water partition coefficient (Wildman–Crippen LogP) is 5.81. The highest BCUT2D eigenvalue weighted by Crippen LogP contribution is 2.31. The summed E-state index contributed by atoms with van der Waals surface area (Å²) in [4.78, 5) is 22.0. The lowest BCUT2D eigenvalue weighted by atomic mass is 10.2. The average molecular weight is 445 g/mol. The van der Waals surface area contributed by atoms with Gasteiger partial charge < -0.3 is 0 Å². The van der Waals surface area contributed by atoms with E-state index in [2.05, 4.69) is 25.3 Å². The topological polar surface area (TPSA) is 83.2 Å². The summed E-state index contributed by atoms with van der Waals surface area (Å²) in [6.45, 7) is 1.77. The van der Waals surface area contributed by atoms with Crippen LogP contribution in [0.2, 0.25) is 0 Å². The largest absolute Gasteiger partial charge is 0.282 e. The SMILES string of the molecule is CC1=NN(c2nc(-c3ccccc3)cs2)C(=O)C1N=Nc1nc(-c2ccccc2)cs1. The first kappa shape index (κ1) is 19.4. The van der Waals surface area contributed by atoms with Crippen LogP contribution in [-0.2, 0) is 4.79 Å². The number of rotatable bonds is 5. The molecule has 1 aliphatic heterocycles. The van der Waals surface area contributed by atoms with E-state index in [1.165, 1.54) is 27.7 Å². The molecule has 0 saturated carbocycles. The van der Waals surface area contributed by atoms with Crippen molar-refractivity contribution in [3.05, 3.63) is 71.4 Å². The lowest BCUT2D eigenvalue weighted by molar-refractivity contribution is -0.117. The quantitative estimate of drug-likeness (QED) is 0.364. The van der Waals surface area contributed by atoms with Gasteiger partial charge in [0.25, 0.3) is 5.91 Å². The number of azo groups is 1. The van der Waals surface area contributed by atoms with Crippen molar-refractivity contribution in [2.24, 2.45) is 15.3 Å². The number of benzene rings is 2. The van der Waals surface area contributed by atoms with E-state index in [0.717, 1.165) is 22.5 Å². The molecule has 152 valence electrons. The molecular formula is C22H16N6OS2. The fourth-order valence-electron chi connectivity index (χ4n) is 3.09. The molecule has 3 heterocycles. The van der Waals surface area contributed by atoms with Gasteiger partial charge in [-0.1, -0.05) is 60.7 Å². The van der Waals surface area contributed by atoms with Crippen LogP contribution in [0.15, 0.2) is 86.8 Å². The molecule has 0 bridgehead atoms. The zero-order chi connectivity index (χ0) is 21.2. The molecule has 1 amide bonds. The van der Waals surface area contributed by atoms with Crippen molar-refractivity contribution in [1.29, 1.82) is 0 Å². The van der Waals surface area contributed by atoms with E-state index in [1.54, 1.807) is 6.92 Å². The molecule has 0 spiro atoms. The summed E-state index contributed by atoms with van der Waals surface area (Å²) in [5, 5.41) is 19.0. The zero-order valence-corrected chi connectivity index (χ0v) is 18.0. The van der Waals surface area contributed by atoms with Gasteiger partial charge in [-0.25, -0.2) is 9.97 Å². The Hall–Kier alpha value is -3.56. The maximum atomic E-state index is 12.9. The van der Waals surface area contributed by atoms with Gasteiger partial charge in [-0.05, 0) is 6.92 Å². The van der Waals surface area contributed by atoms with E-state index in [-0.39, 0.29) is 5.91 Å². The Bertz CT molecular complexity index is 1280. The summed E-state index contributed by atoms with van der Waals surface area (Å²) >= 11 is 2.75. The summed E-state index contributed by atoms with van der Waals surface area (Å²) in [6, 6.07) is 18.9. The maximum absolute atomic E-state index is 12.9. The molecule has 4 aromatic rings. The lowest BCUT2D eigenvalue weighted by Crippen LogP contribution is -2.29. The van der Waals surface area contributed by atoms with Crippen LogP contribution in [0.4, 0.5) is 10.3 Å². The third-order valence-corrected chi connectivity index (χ3v) is 6.20. The number of aromatic nitrogens is 2. The Labute approximate surface area is 186 Å². The van der Waals surface area contributed by atoms with E-state index in [9.17, 15) is 4.79 Å². The van der Waals surface area contributed by atoms with Crippen LogP contribution in [0.25, 0.3) is 22.5 Å². The van der Waals surface area contributed by atoms with Gasteiger partial charge in [-0.3, -0.25) is 4.79 Å². The van der Waals surface area contributed by atoms with Gasteiger partial charge in [0, 0.05) is 21.9 Å². The van der Waals surface area contributed by atoms with Gasteiger partial charge in [0.15, 0.2) is 6.04 Å². The summed E-state index contributed by atoms with van der Waals surface area (Å²) in [5.74, 6) is -0.268. The van der Waals surface area contributed by atoms with Crippen molar-refractivity contribution < 1.29 is 4.79 Å². The van der Waals surface area contributed by atoms with E-state index < -0.39 is 6.04 Å². The van der Waals surface area contributed by atoms with Crippen LogP contribution < -0.4 is 5.01 Å². The Morgan fingerprint density at radius 2 is 1.48 bits per heavy atom. The van der Waals surface area contributed by atoms with E-state index in [1.807, 2.05) is 71.4 Å². The van der Waals surface area contributed by atoms with Gasteiger partial charge in [-0.15, -0.1) is 27.8 Å². The number of carbonyl (C=O) groups is 1. The Kier molecular flexibility index (Phi) is 5.19. The number of amides is 1. The van der Waals surface area contributed by atoms with Crippen molar-refractivity contribution in [1.82, 2.24) is 9.97 Å². The monoisotopic (exact) mass is 444 g/mol. The molecule has 0 saturated heterocycles. The molecular weight excluding hydrogens is 428 g/mol. The molecule has 2 aromatic carbocycles. The number of hydrogen-bond donors (Lipinski definition) is 0. The molecule has 0 aliphatic carbocycles. The summed E-state index contributed by atoms with van der Waals surface area (Å²) in [7, 11) is 0. The molecule has 1 aliphatic rings. The van der Waals surface area contributed by atoms with Crippen LogP contribution in [0.5, 0.6) is 0 Å². The van der Waals surface area contributed by atoms with Gasteiger partial charge in [0.05, 0.1) is 17.1 Å². The molecule has 0 N–H and O–H groups in total. The molecule has 0 radical (unpaired) electrons. The molecule has 2 aromatic heterocycles. The fraction of sp³-hybridized carbons (Fsp3) is 0.0909. The van der Waals surface area contributed by atoms with Gasteiger partial charge in [0.2, 0.25) is 10.3 Å². The second-order valence-corrected chi connectivity index (χ2v) is 8.45. The van der Waals surface area contributed by atoms with Crippen LogP contribution >= 0.6 is 22.7 Å². The van der Waals surface area contributed by atoms with Crippen LogP contribution in [0.1, 0.15) is 6.92 Å².